The van der Waals surface area contributed by atoms with Gasteiger partial charge in [-0.1, -0.05) is 12.1 Å². The highest BCUT2D eigenvalue weighted by atomic mass is 19.1. The first-order chi connectivity index (χ1) is 8.22. The summed E-state index contributed by atoms with van der Waals surface area (Å²) in [5, 5.41) is 0. The molecule has 1 aromatic carbocycles. The second kappa shape index (κ2) is 4.74. The summed E-state index contributed by atoms with van der Waals surface area (Å²) < 4.78 is 17.8. The zero-order valence-electron chi connectivity index (χ0n) is 9.18. The van der Waals surface area contributed by atoms with Gasteiger partial charge in [0.2, 0.25) is 0 Å². The Morgan fingerprint density at radius 3 is 2.88 bits per heavy atom. The Hall–Kier alpha value is -2.23. The number of ether oxygens (including phenoxy) is 1. The number of carbonyl (C=O) groups excluding carboxylic acids is 1. The van der Waals surface area contributed by atoms with Gasteiger partial charge >= 0.3 is 5.97 Å². The van der Waals surface area contributed by atoms with Gasteiger partial charge < -0.3 is 4.74 Å². The van der Waals surface area contributed by atoms with Crippen LogP contribution in [0.3, 0.4) is 0 Å². The zero-order valence-corrected chi connectivity index (χ0v) is 9.18. The van der Waals surface area contributed by atoms with Gasteiger partial charge in [-0.25, -0.2) is 9.18 Å². The molecule has 0 atom stereocenters. The van der Waals surface area contributed by atoms with Crippen molar-refractivity contribution in [1.29, 1.82) is 0 Å². The van der Waals surface area contributed by atoms with Crippen LogP contribution in [0.5, 0.6) is 0 Å². The van der Waals surface area contributed by atoms with Crippen molar-refractivity contribution >= 4 is 5.97 Å². The maximum atomic E-state index is 13.1. The van der Waals surface area contributed by atoms with E-state index in [0.717, 1.165) is 0 Å². The Morgan fingerprint density at radius 2 is 2.18 bits per heavy atom. The summed E-state index contributed by atoms with van der Waals surface area (Å²) >= 11 is 0. The molecule has 3 nitrogen and oxygen atoms in total. The van der Waals surface area contributed by atoms with E-state index in [9.17, 15) is 9.18 Å². The topological polar surface area (TPSA) is 39.2 Å². The van der Waals surface area contributed by atoms with Crippen molar-refractivity contribution in [3.8, 4) is 11.1 Å². The van der Waals surface area contributed by atoms with Crippen molar-refractivity contribution in [2.75, 3.05) is 7.11 Å². The Balaban J connectivity index is 2.55. The van der Waals surface area contributed by atoms with Crippen molar-refractivity contribution in [2.24, 2.45) is 0 Å². The number of nitrogens with zero attached hydrogens (tertiary/aromatic N) is 1. The van der Waals surface area contributed by atoms with Gasteiger partial charge in [0.1, 0.15) is 5.82 Å². The molecule has 1 heterocycles. The number of hydrogen-bond acceptors (Lipinski definition) is 3. The number of methoxy groups -OCH3 is 1. The molecule has 0 radical (unpaired) electrons. The number of hydrogen-bond donors (Lipinski definition) is 0. The van der Waals surface area contributed by atoms with E-state index in [4.69, 9.17) is 0 Å². The molecule has 4 heteroatoms. The molecule has 0 fully saturated rings. The highest BCUT2D eigenvalue weighted by Crippen LogP contribution is 2.23. The van der Waals surface area contributed by atoms with E-state index in [1.165, 1.54) is 25.4 Å². The summed E-state index contributed by atoms with van der Waals surface area (Å²) in [5.74, 6) is -0.840. The molecule has 1 aromatic heterocycles. The van der Waals surface area contributed by atoms with E-state index in [2.05, 4.69) is 9.72 Å². The van der Waals surface area contributed by atoms with Crippen molar-refractivity contribution in [3.63, 3.8) is 0 Å². The van der Waals surface area contributed by atoms with E-state index in [1.54, 1.807) is 24.4 Å². The van der Waals surface area contributed by atoms with Crippen LogP contribution in [0.25, 0.3) is 11.1 Å². The third kappa shape index (κ3) is 2.30. The second-order valence-corrected chi connectivity index (χ2v) is 3.42. The third-order valence-electron chi connectivity index (χ3n) is 2.36. The quantitative estimate of drug-likeness (QED) is 0.746. The monoisotopic (exact) mass is 231 g/mol. The van der Waals surface area contributed by atoms with Crippen LogP contribution in [0, 0.1) is 5.82 Å². The fourth-order valence-electron chi connectivity index (χ4n) is 1.57. The standard InChI is InChI=1S/C13H10FNO2/c1-17-13(16)12-8-15-6-5-11(12)9-3-2-4-10(14)7-9/h2-8H,1H3. The summed E-state index contributed by atoms with van der Waals surface area (Å²) in [7, 11) is 1.30. The van der Waals surface area contributed by atoms with E-state index < -0.39 is 5.97 Å². The van der Waals surface area contributed by atoms with Gasteiger partial charge in [0.25, 0.3) is 0 Å². The predicted molar refractivity (Wildman–Crippen MR) is 61.0 cm³/mol. The number of benzene rings is 1. The predicted octanol–water partition coefficient (Wildman–Crippen LogP) is 2.67. The lowest BCUT2D eigenvalue weighted by atomic mass is 10.0. The SMILES string of the molecule is COC(=O)c1cnccc1-c1cccc(F)c1. The number of rotatable bonds is 2. The Bertz CT molecular complexity index is 555. The van der Waals surface area contributed by atoms with Crippen LogP contribution in [0.2, 0.25) is 0 Å². The average molecular weight is 231 g/mol. The average Bonchev–Trinajstić information content (AvgIpc) is 2.38. The van der Waals surface area contributed by atoms with Crippen LogP contribution in [0.4, 0.5) is 4.39 Å². The molecule has 2 rings (SSSR count). The van der Waals surface area contributed by atoms with E-state index in [-0.39, 0.29) is 5.82 Å². The van der Waals surface area contributed by atoms with Crippen molar-refractivity contribution in [1.82, 2.24) is 4.98 Å². The number of aromatic nitrogens is 1. The summed E-state index contributed by atoms with van der Waals surface area (Å²) in [6.45, 7) is 0. The van der Waals surface area contributed by atoms with Gasteiger partial charge in [0, 0.05) is 12.4 Å². The molecule has 2 aromatic rings. The van der Waals surface area contributed by atoms with E-state index in [1.807, 2.05) is 0 Å². The number of pyridine rings is 1. The van der Waals surface area contributed by atoms with Gasteiger partial charge in [-0.15, -0.1) is 0 Å². The third-order valence-corrected chi connectivity index (χ3v) is 2.36. The first-order valence-corrected chi connectivity index (χ1v) is 5.00. The summed E-state index contributed by atoms with van der Waals surface area (Å²) in [6.07, 6.45) is 2.96. The molecular formula is C13H10FNO2. The zero-order chi connectivity index (χ0) is 12.3. The second-order valence-electron chi connectivity index (χ2n) is 3.42. The van der Waals surface area contributed by atoms with Crippen LogP contribution in [0.15, 0.2) is 42.7 Å². The van der Waals surface area contributed by atoms with E-state index >= 15 is 0 Å². The van der Waals surface area contributed by atoms with Gasteiger partial charge in [-0.05, 0) is 29.3 Å². The largest absolute Gasteiger partial charge is 0.465 e. The molecule has 0 unspecified atom stereocenters. The highest BCUT2D eigenvalue weighted by Gasteiger charge is 2.13. The minimum absolute atomic E-state index is 0.320. The Morgan fingerprint density at radius 1 is 1.35 bits per heavy atom. The van der Waals surface area contributed by atoms with Gasteiger partial charge in [-0.2, -0.15) is 0 Å². The fourth-order valence-corrected chi connectivity index (χ4v) is 1.57. The van der Waals surface area contributed by atoms with Gasteiger partial charge in [-0.3, -0.25) is 4.98 Å². The number of carbonyl (C=O) groups is 1. The maximum absolute atomic E-state index is 13.1. The van der Waals surface area contributed by atoms with Crippen molar-refractivity contribution in [3.05, 3.63) is 54.1 Å². The van der Waals surface area contributed by atoms with Crippen LogP contribution < -0.4 is 0 Å². The normalized spacial score (nSPS) is 10.0. The Labute approximate surface area is 97.9 Å². The number of esters is 1. The van der Waals surface area contributed by atoms with Gasteiger partial charge in [0.15, 0.2) is 0 Å². The lowest BCUT2D eigenvalue weighted by Crippen LogP contribution is -2.04. The molecule has 0 spiro atoms. The molecule has 0 aliphatic rings. The summed E-state index contributed by atoms with van der Waals surface area (Å²) in [4.78, 5) is 15.4. The molecule has 0 saturated carbocycles. The minimum atomic E-state index is -0.489. The van der Waals surface area contributed by atoms with Gasteiger partial charge in [0.05, 0.1) is 12.7 Å². The van der Waals surface area contributed by atoms with Crippen molar-refractivity contribution < 1.29 is 13.9 Å². The summed E-state index contributed by atoms with van der Waals surface area (Å²) in [6, 6.07) is 7.68. The first-order valence-electron chi connectivity index (χ1n) is 5.00. The van der Waals surface area contributed by atoms with Crippen LogP contribution in [-0.2, 0) is 4.74 Å². The lowest BCUT2D eigenvalue weighted by Gasteiger charge is -2.07. The molecule has 0 N–H and O–H groups in total. The number of halogens is 1. The smallest absolute Gasteiger partial charge is 0.340 e. The minimum Gasteiger partial charge on any atom is -0.465 e. The molecule has 0 bridgehead atoms. The highest BCUT2D eigenvalue weighted by molar-refractivity contribution is 5.96. The van der Waals surface area contributed by atoms with E-state index in [0.29, 0.717) is 16.7 Å². The lowest BCUT2D eigenvalue weighted by molar-refractivity contribution is 0.0601. The molecular weight excluding hydrogens is 221 g/mol. The molecule has 17 heavy (non-hydrogen) atoms. The molecule has 0 aliphatic heterocycles. The van der Waals surface area contributed by atoms with Crippen LogP contribution in [0.1, 0.15) is 10.4 Å². The van der Waals surface area contributed by atoms with Crippen LogP contribution in [-0.4, -0.2) is 18.1 Å². The first kappa shape index (κ1) is 11.3. The Kier molecular flexibility index (Phi) is 3.14. The van der Waals surface area contributed by atoms with Crippen LogP contribution >= 0.6 is 0 Å². The van der Waals surface area contributed by atoms with Crippen molar-refractivity contribution in [2.45, 2.75) is 0 Å². The summed E-state index contributed by atoms with van der Waals surface area (Å²) in [5.41, 5.74) is 1.54. The molecule has 0 amide bonds. The molecule has 86 valence electrons. The maximum Gasteiger partial charge on any atom is 0.340 e. The molecule has 0 aliphatic carbocycles. The molecule has 0 saturated heterocycles. The fraction of sp³-hybridized carbons (Fsp3) is 0.0769.